The second-order valence-electron chi connectivity index (χ2n) is 5.81. The molecule has 21 heavy (non-hydrogen) atoms. The molecule has 116 valence electrons. The standard InChI is InChI=1S/C17H27N3O/c1-5-10-18-14(12-21-13(2)3)11-17-19-15-8-6-7-9-16(15)20(17)4/h6-9,13-14,18H,5,10-12H2,1-4H3. The van der Waals surface area contributed by atoms with Crippen LogP contribution in [0.4, 0.5) is 0 Å². The van der Waals surface area contributed by atoms with E-state index in [9.17, 15) is 0 Å². The number of para-hydroxylation sites is 2. The van der Waals surface area contributed by atoms with E-state index in [0.29, 0.717) is 6.04 Å². The maximum Gasteiger partial charge on any atom is 0.111 e. The van der Waals surface area contributed by atoms with Gasteiger partial charge >= 0.3 is 0 Å². The summed E-state index contributed by atoms with van der Waals surface area (Å²) in [4.78, 5) is 4.75. The molecule has 1 heterocycles. The fourth-order valence-electron chi connectivity index (χ4n) is 2.45. The van der Waals surface area contributed by atoms with Crippen molar-refractivity contribution in [2.24, 2.45) is 7.05 Å². The van der Waals surface area contributed by atoms with Gasteiger partial charge in [-0.15, -0.1) is 0 Å². The summed E-state index contributed by atoms with van der Waals surface area (Å²) in [7, 11) is 2.09. The van der Waals surface area contributed by atoms with Crippen molar-refractivity contribution in [1.82, 2.24) is 14.9 Å². The van der Waals surface area contributed by atoms with Crippen LogP contribution in [-0.4, -0.2) is 34.8 Å². The smallest absolute Gasteiger partial charge is 0.111 e. The molecule has 2 aromatic rings. The predicted octanol–water partition coefficient (Wildman–Crippen LogP) is 2.91. The molecule has 0 saturated heterocycles. The van der Waals surface area contributed by atoms with Gasteiger partial charge in [-0.1, -0.05) is 19.1 Å². The van der Waals surface area contributed by atoms with Crippen LogP contribution in [0.2, 0.25) is 0 Å². The van der Waals surface area contributed by atoms with Crippen LogP contribution in [0, 0.1) is 0 Å². The van der Waals surface area contributed by atoms with Crippen molar-refractivity contribution in [3.05, 3.63) is 30.1 Å². The Morgan fingerprint density at radius 1 is 1.29 bits per heavy atom. The van der Waals surface area contributed by atoms with Gasteiger partial charge in [0, 0.05) is 19.5 Å². The molecule has 0 aliphatic carbocycles. The molecule has 0 bridgehead atoms. The molecule has 4 heteroatoms. The van der Waals surface area contributed by atoms with Crippen molar-refractivity contribution in [3.63, 3.8) is 0 Å². The summed E-state index contributed by atoms with van der Waals surface area (Å²) in [5.74, 6) is 1.11. The van der Waals surface area contributed by atoms with Crippen LogP contribution >= 0.6 is 0 Å². The van der Waals surface area contributed by atoms with E-state index < -0.39 is 0 Å². The zero-order valence-electron chi connectivity index (χ0n) is 13.6. The number of ether oxygens (including phenoxy) is 1. The lowest BCUT2D eigenvalue weighted by atomic mass is 10.2. The molecule has 0 radical (unpaired) electrons. The summed E-state index contributed by atoms with van der Waals surface area (Å²) in [6.07, 6.45) is 2.27. The maximum atomic E-state index is 5.79. The molecule has 1 atom stereocenters. The zero-order valence-corrected chi connectivity index (χ0v) is 13.6. The Morgan fingerprint density at radius 2 is 2.05 bits per heavy atom. The molecular weight excluding hydrogens is 262 g/mol. The van der Waals surface area contributed by atoms with Crippen LogP contribution in [0.25, 0.3) is 11.0 Å². The fourth-order valence-corrected chi connectivity index (χ4v) is 2.45. The monoisotopic (exact) mass is 289 g/mol. The minimum absolute atomic E-state index is 0.261. The molecule has 0 fully saturated rings. The number of fused-ring (bicyclic) bond motifs is 1. The van der Waals surface area contributed by atoms with E-state index in [1.165, 1.54) is 5.52 Å². The average Bonchev–Trinajstić information content (AvgIpc) is 2.78. The summed E-state index contributed by atoms with van der Waals surface area (Å²) in [5.41, 5.74) is 2.25. The van der Waals surface area contributed by atoms with Crippen molar-refractivity contribution < 1.29 is 4.74 Å². The van der Waals surface area contributed by atoms with Crippen LogP contribution in [0.3, 0.4) is 0 Å². The average molecular weight is 289 g/mol. The van der Waals surface area contributed by atoms with Crippen molar-refractivity contribution in [3.8, 4) is 0 Å². The van der Waals surface area contributed by atoms with Crippen LogP contribution in [-0.2, 0) is 18.2 Å². The lowest BCUT2D eigenvalue weighted by Gasteiger charge is -2.20. The van der Waals surface area contributed by atoms with Gasteiger partial charge < -0.3 is 14.6 Å². The molecule has 0 saturated carbocycles. The van der Waals surface area contributed by atoms with Gasteiger partial charge in [0.15, 0.2) is 0 Å². The Hall–Kier alpha value is -1.39. The second-order valence-corrected chi connectivity index (χ2v) is 5.81. The van der Waals surface area contributed by atoms with E-state index in [4.69, 9.17) is 9.72 Å². The molecule has 1 aromatic heterocycles. The number of hydrogen-bond acceptors (Lipinski definition) is 3. The lowest BCUT2D eigenvalue weighted by Crippen LogP contribution is -2.37. The van der Waals surface area contributed by atoms with Gasteiger partial charge in [-0.2, -0.15) is 0 Å². The number of hydrogen-bond donors (Lipinski definition) is 1. The number of aryl methyl sites for hydroxylation is 1. The first-order valence-corrected chi connectivity index (χ1v) is 7.87. The molecule has 1 unspecified atom stereocenters. The highest BCUT2D eigenvalue weighted by molar-refractivity contribution is 5.75. The second kappa shape index (κ2) is 7.57. The summed E-state index contributed by atoms with van der Waals surface area (Å²) >= 11 is 0. The molecule has 0 amide bonds. The van der Waals surface area contributed by atoms with Gasteiger partial charge in [0.05, 0.1) is 23.7 Å². The van der Waals surface area contributed by atoms with Gasteiger partial charge in [0.25, 0.3) is 0 Å². The Bertz CT molecular complexity index is 562. The van der Waals surface area contributed by atoms with E-state index in [1.54, 1.807) is 0 Å². The van der Waals surface area contributed by atoms with Gasteiger partial charge in [0.1, 0.15) is 5.82 Å². The summed E-state index contributed by atoms with van der Waals surface area (Å²) in [5, 5.41) is 3.57. The summed E-state index contributed by atoms with van der Waals surface area (Å²) < 4.78 is 7.97. The van der Waals surface area contributed by atoms with E-state index >= 15 is 0 Å². The fraction of sp³-hybridized carbons (Fsp3) is 0.588. The van der Waals surface area contributed by atoms with Crippen molar-refractivity contribution in [2.45, 2.75) is 45.8 Å². The Balaban J connectivity index is 2.11. The third-order valence-corrected chi connectivity index (χ3v) is 3.62. The van der Waals surface area contributed by atoms with E-state index in [-0.39, 0.29) is 6.10 Å². The quantitative estimate of drug-likeness (QED) is 0.812. The van der Waals surface area contributed by atoms with E-state index in [1.807, 2.05) is 6.07 Å². The van der Waals surface area contributed by atoms with E-state index in [0.717, 1.165) is 37.3 Å². The van der Waals surface area contributed by atoms with Crippen LogP contribution in [0.5, 0.6) is 0 Å². The Kier molecular flexibility index (Phi) is 5.76. The minimum atomic E-state index is 0.261. The predicted molar refractivity (Wildman–Crippen MR) is 87.6 cm³/mol. The van der Waals surface area contributed by atoms with Gasteiger partial charge in [0.2, 0.25) is 0 Å². The molecular formula is C17H27N3O. The van der Waals surface area contributed by atoms with Gasteiger partial charge in [-0.3, -0.25) is 0 Å². The van der Waals surface area contributed by atoms with Crippen molar-refractivity contribution in [2.75, 3.05) is 13.2 Å². The molecule has 4 nitrogen and oxygen atoms in total. The lowest BCUT2D eigenvalue weighted by molar-refractivity contribution is 0.0608. The number of nitrogens with one attached hydrogen (secondary N) is 1. The summed E-state index contributed by atoms with van der Waals surface area (Å²) in [6.45, 7) is 8.07. The topological polar surface area (TPSA) is 39.1 Å². The molecule has 0 aliphatic heterocycles. The SMILES string of the molecule is CCCNC(COC(C)C)Cc1nc2ccccc2n1C. The van der Waals surface area contributed by atoms with Crippen LogP contribution < -0.4 is 5.32 Å². The molecule has 1 N–H and O–H groups in total. The van der Waals surface area contributed by atoms with Gasteiger partial charge in [-0.25, -0.2) is 4.98 Å². The number of nitrogens with zero attached hydrogens (tertiary/aromatic N) is 2. The number of imidazole rings is 1. The largest absolute Gasteiger partial charge is 0.377 e. The highest BCUT2D eigenvalue weighted by Crippen LogP contribution is 2.15. The molecule has 1 aromatic carbocycles. The van der Waals surface area contributed by atoms with Crippen LogP contribution in [0.1, 0.15) is 33.0 Å². The van der Waals surface area contributed by atoms with E-state index in [2.05, 4.69) is 55.9 Å². The van der Waals surface area contributed by atoms with Crippen LogP contribution in [0.15, 0.2) is 24.3 Å². The number of benzene rings is 1. The Labute approximate surface area is 127 Å². The molecule has 0 aliphatic rings. The highest BCUT2D eigenvalue weighted by atomic mass is 16.5. The highest BCUT2D eigenvalue weighted by Gasteiger charge is 2.15. The third kappa shape index (κ3) is 4.29. The first kappa shape index (κ1) is 16.0. The van der Waals surface area contributed by atoms with Gasteiger partial charge in [-0.05, 0) is 38.9 Å². The summed E-state index contributed by atoms with van der Waals surface area (Å²) in [6, 6.07) is 8.59. The Morgan fingerprint density at radius 3 is 2.71 bits per heavy atom. The third-order valence-electron chi connectivity index (χ3n) is 3.62. The molecule has 2 rings (SSSR count). The maximum absolute atomic E-state index is 5.79. The number of rotatable bonds is 8. The number of aromatic nitrogens is 2. The normalized spacial score (nSPS) is 13.2. The molecule has 0 spiro atoms. The minimum Gasteiger partial charge on any atom is -0.377 e. The zero-order chi connectivity index (χ0) is 15.2. The first-order chi connectivity index (χ1) is 10.1. The van der Waals surface area contributed by atoms with Crippen molar-refractivity contribution in [1.29, 1.82) is 0 Å². The van der Waals surface area contributed by atoms with Crippen molar-refractivity contribution >= 4 is 11.0 Å². The first-order valence-electron chi connectivity index (χ1n) is 7.87.